The highest BCUT2D eigenvalue weighted by molar-refractivity contribution is 6.33. The minimum atomic E-state index is -0.503. The number of carbonyl (C=O) groups is 2. The van der Waals surface area contributed by atoms with Crippen LogP contribution in [0.1, 0.15) is 10.4 Å². The minimum Gasteiger partial charge on any atom is -0.497 e. The van der Waals surface area contributed by atoms with E-state index >= 15 is 0 Å². The van der Waals surface area contributed by atoms with Gasteiger partial charge in [0, 0.05) is 5.56 Å². The molecule has 0 aliphatic carbocycles. The number of hydrogen-bond acceptors (Lipinski definition) is 3. The number of benzene rings is 2. The van der Waals surface area contributed by atoms with E-state index in [-0.39, 0.29) is 0 Å². The van der Waals surface area contributed by atoms with Crippen LogP contribution >= 0.6 is 0 Å². The van der Waals surface area contributed by atoms with Crippen LogP contribution in [0, 0.1) is 0 Å². The first-order chi connectivity index (χ1) is 8.74. The van der Waals surface area contributed by atoms with Crippen LogP contribution in [0.25, 0.3) is 11.1 Å². The average molecular weight is 240 g/mol. The van der Waals surface area contributed by atoms with E-state index in [2.05, 4.69) is 0 Å². The topological polar surface area (TPSA) is 43.4 Å². The normalized spacial score (nSPS) is 9.83. The third kappa shape index (κ3) is 2.46. The van der Waals surface area contributed by atoms with Crippen molar-refractivity contribution >= 4 is 12.1 Å². The van der Waals surface area contributed by atoms with E-state index in [0.717, 1.165) is 16.9 Å². The average Bonchev–Trinajstić information content (AvgIpc) is 2.47. The molecule has 3 nitrogen and oxygen atoms in total. The number of ketones is 1. The molecule has 0 aromatic heterocycles. The molecule has 2 aromatic rings. The molecule has 0 N–H and O–H groups in total. The lowest BCUT2D eigenvalue weighted by Gasteiger charge is -2.04. The van der Waals surface area contributed by atoms with Gasteiger partial charge in [0.1, 0.15) is 5.75 Å². The smallest absolute Gasteiger partial charge is 0.225 e. The van der Waals surface area contributed by atoms with E-state index in [0.29, 0.717) is 11.8 Å². The van der Waals surface area contributed by atoms with Crippen molar-refractivity contribution in [2.24, 2.45) is 0 Å². The Morgan fingerprint density at radius 1 is 0.944 bits per heavy atom. The second kappa shape index (κ2) is 5.27. The summed E-state index contributed by atoms with van der Waals surface area (Å²) in [4.78, 5) is 21.5. The monoisotopic (exact) mass is 240 g/mol. The van der Waals surface area contributed by atoms with Gasteiger partial charge in [-0.05, 0) is 23.3 Å². The van der Waals surface area contributed by atoms with Gasteiger partial charge in [-0.2, -0.15) is 0 Å². The lowest BCUT2D eigenvalue weighted by Crippen LogP contribution is -1.98. The molecule has 0 heterocycles. The van der Waals surface area contributed by atoms with E-state index in [1.54, 1.807) is 19.2 Å². The molecule has 0 saturated carbocycles. The third-order valence-electron chi connectivity index (χ3n) is 2.70. The van der Waals surface area contributed by atoms with Gasteiger partial charge >= 0.3 is 0 Å². The molecule has 0 aliphatic heterocycles. The van der Waals surface area contributed by atoms with Gasteiger partial charge in [-0.3, -0.25) is 9.59 Å². The van der Waals surface area contributed by atoms with E-state index in [1.165, 1.54) is 0 Å². The van der Waals surface area contributed by atoms with Gasteiger partial charge in [0.2, 0.25) is 5.78 Å². The second-order valence-corrected chi connectivity index (χ2v) is 3.79. The maximum absolute atomic E-state index is 11.2. The molecule has 0 aliphatic rings. The highest BCUT2D eigenvalue weighted by atomic mass is 16.5. The van der Waals surface area contributed by atoms with Gasteiger partial charge < -0.3 is 4.74 Å². The Hall–Kier alpha value is -2.42. The lowest BCUT2D eigenvalue weighted by molar-refractivity contribution is -0.104. The summed E-state index contributed by atoms with van der Waals surface area (Å²) in [5, 5.41) is 0. The minimum absolute atomic E-state index is 0.322. The molecule has 2 aromatic carbocycles. The Morgan fingerprint density at radius 2 is 1.44 bits per heavy atom. The highest BCUT2D eigenvalue weighted by Crippen LogP contribution is 2.22. The largest absolute Gasteiger partial charge is 0.497 e. The molecule has 0 spiro atoms. The van der Waals surface area contributed by atoms with Crippen molar-refractivity contribution in [3.63, 3.8) is 0 Å². The SMILES string of the molecule is COc1ccc(-c2ccc(C(=O)C=O)cc2)cc1. The molecule has 18 heavy (non-hydrogen) atoms. The third-order valence-corrected chi connectivity index (χ3v) is 2.70. The van der Waals surface area contributed by atoms with Gasteiger partial charge in [0.25, 0.3) is 0 Å². The molecule has 0 amide bonds. The molecular formula is C15H12O3. The molecule has 0 saturated heterocycles. The van der Waals surface area contributed by atoms with E-state index < -0.39 is 5.78 Å². The first kappa shape index (κ1) is 12.0. The fourth-order valence-electron chi connectivity index (χ4n) is 1.68. The predicted molar refractivity (Wildman–Crippen MR) is 68.8 cm³/mol. The number of ether oxygens (including phenoxy) is 1. The van der Waals surface area contributed by atoms with Crippen LogP contribution in [-0.4, -0.2) is 19.2 Å². The van der Waals surface area contributed by atoms with Crippen LogP contribution in [0.2, 0.25) is 0 Å². The summed E-state index contributed by atoms with van der Waals surface area (Å²) in [6.45, 7) is 0. The van der Waals surface area contributed by atoms with E-state index in [9.17, 15) is 9.59 Å². The van der Waals surface area contributed by atoms with Crippen molar-refractivity contribution < 1.29 is 14.3 Å². The Bertz CT molecular complexity index is 553. The number of aldehydes is 1. The van der Waals surface area contributed by atoms with Gasteiger partial charge in [0.15, 0.2) is 6.29 Å². The van der Waals surface area contributed by atoms with E-state index in [4.69, 9.17) is 4.74 Å². The maximum Gasteiger partial charge on any atom is 0.225 e. The van der Waals surface area contributed by atoms with Crippen LogP contribution in [0.4, 0.5) is 0 Å². The van der Waals surface area contributed by atoms with Crippen molar-refractivity contribution in [2.45, 2.75) is 0 Å². The maximum atomic E-state index is 11.2. The molecule has 0 fully saturated rings. The summed E-state index contributed by atoms with van der Waals surface area (Å²) in [6, 6.07) is 14.6. The number of carbonyl (C=O) groups excluding carboxylic acids is 2. The zero-order chi connectivity index (χ0) is 13.0. The summed E-state index contributed by atoms with van der Waals surface area (Å²) in [5.41, 5.74) is 2.42. The van der Waals surface area contributed by atoms with Crippen molar-refractivity contribution in [2.75, 3.05) is 7.11 Å². The highest BCUT2D eigenvalue weighted by Gasteiger charge is 2.04. The molecule has 0 unspecified atom stereocenters. The molecule has 90 valence electrons. The molecule has 3 heteroatoms. The number of Topliss-reactive ketones (excluding diaryl/α,β-unsaturated/α-hetero) is 1. The first-order valence-corrected chi connectivity index (χ1v) is 5.48. The standard InChI is InChI=1S/C15H12O3/c1-18-14-8-6-12(7-9-14)11-2-4-13(5-3-11)15(17)10-16/h2-10H,1H3. The van der Waals surface area contributed by atoms with Crippen molar-refractivity contribution in [1.29, 1.82) is 0 Å². The number of rotatable bonds is 4. The fraction of sp³-hybridized carbons (Fsp3) is 0.0667. The lowest BCUT2D eigenvalue weighted by atomic mass is 10.0. The van der Waals surface area contributed by atoms with Crippen molar-refractivity contribution in [3.8, 4) is 16.9 Å². The second-order valence-electron chi connectivity index (χ2n) is 3.79. The molecular weight excluding hydrogens is 228 g/mol. The zero-order valence-electron chi connectivity index (χ0n) is 9.92. The Kier molecular flexibility index (Phi) is 3.53. The predicted octanol–water partition coefficient (Wildman–Crippen LogP) is 2.74. The molecule has 0 atom stereocenters. The van der Waals surface area contributed by atoms with Gasteiger partial charge in [0.05, 0.1) is 7.11 Å². The van der Waals surface area contributed by atoms with Gasteiger partial charge in [-0.15, -0.1) is 0 Å². The fourth-order valence-corrected chi connectivity index (χ4v) is 1.68. The van der Waals surface area contributed by atoms with Crippen LogP contribution in [0.5, 0.6) is 5.75 Å². The Balaban J connectivity index is 2.28. The summed E-state index contributed by atoms with van der Waals surface area (Å²) < 4.78 is 5.09. The number of hydrogen-bond donors (Lipinski definition) is 0. The summed E-state index contributed by atoms with van der Waals surface area (Å²) in [6.07, 6.45) is 0.322. The van der Waals surface area contributed by atoms with Gasteiger partial charge in [-0.1, -0.05) is 36.4 Å². The van der Waals surface area contributed by atoms with E-state index in [1.807, 2.05) is 36.4 Å². The van der Waals surface area contributed by atoms with Gasteiger partial charge in [-0.25, -0.2) is 0 Å². The van der Waals surface area contributed by atoms with Crippen LogP contribution < -0.4 is 4.74 Å². The van der Waals surface area contributed by atoms with Crippen molar-refractivity contribution in [3.05, 3.63) is 54.1 Å². The molecule has 2 rings (SSSR count). The zero-order valence-corrected chi connectivity index (χ0v) is 9.92. The Morgan fingerprint density at radius 3 is 1.89 bits per heavy atom. The van der Waals surface area contributed by atoms with Crippen LogP contribution in [0.15, 0.2) is 48.5 Å². The summed E-state index contributed by atoms with van der Waals surface area (Å²) >= 11 is 0. The van der Waals surface area contributed by atoms with Crippen LogP contribution in [0.3, 0.4) is 0 Å². The quantitative estimate of drug-likeness (QED) is 0.469. The first-order valence-electron chi connectivity index (χ1n) is 5.48. The molecule has 0 bridgehead atoms. The number of methoxy groups -OCH3 is 1. The summed E-state index contributed by atoms with van der Waals surface area (Å²) in [5.74, 6) is 0.294. The van der Waals surface area contributed by atoms with Crippen LogP contribution in [-0.2, 0) is 4.79 Å². The Labute approximate surface area is 105 Å². The molecule has 0 radical (unpaired) electrons. The summed E-state index contributed by atoms with van der Waals surface area (Å²) in [7, 11) is 1.62. The van der Waals surface area contributed by atoms with Crippen molar-refractivity contribution in [1.82, 2.24) is 0 Å².